The summed E-state index contributed by atoms with van der Waals surface area (Å²) in [6.45, 7) is 0. The first-order valence-electron chi connectivity index (χ1n) is 4.58. The number of halogens is 1. The Hall–Kier alpha value is -0.910. The molecule has 0 saturated heterocycles. The van der Waals surface area contributed by atoms with Crippen molar-refractivity contribution < 1.29 is 10.2 Å². The first-order chi connectivity index (χ1) is 7.24. The predicted octanol–water partition coefficient (Wildman–Crippen LogP) is 1.35. The van der Waals surface area contributed by atoms with Gasteiger partial charge in [-0.1, -0.05) is 28.1 Å². The van der Waals surface area contributed by atoms with E-state index in [2.05, 4.69) is 26.1 Å². The molecular weight excluding hydrogens is 260 g/mol. The molecule has 0 aliphatic rings. The molecule has 3 N–H and O–H groups in total. The van der Waals surface area contributed by atoms with Crippen molar-refractivity contribution in [3.05, 3.63) is 30.0 Å². The van der Waals surface area contributed by atoms with Crippen molar-refractivity contribution in [2.75, 3.05) is 5.33 Å². The van der Waals surface area contributed by atoms with Crippen molar-refractivity contribution in [3.8, 4) is 0 Å². The first kappa shape index (κ1) is 10.6. The van der Waals surface area contributed by atoms with E-state index in [1.165, 1.54) is 0 Å². The Morgan fingerprint density at radius 2 is 2.20 bits per heavy atom. The van der Waals surface area contributed by atoms with Gasteiger partial charge in [0.15, 0.2) is 0 Å². The number of benzene rings is 1. The smallest absolute Gasteiger partial charge is 0.106 e. The second-order valence-electron chi connectivity index (χ2n) is 3.34. The fourth-order valence-corrected chi connectivity index (χ4v) is 1.89. The van der Waals surface area contributed by atoms with Gasteiger partial charge in [-0.25, -0.2) is 0 Å². The molecule has 0 bridgehead atoms. The van der Waals surface area contributed by atoms with Crippen LogP contribution in [0.1, 0.15) is 11.7 Å². The van der Waals surface area contributed by atoms with Crippen LogP contribution in [0.4, 0.5) is 0 Å². The van der Waals surface area contributed by atoms with Crippen LogP contribution >= 0.6 is 15.9 Å². The normalized spacial score (nSPS) is 15.4. The van der Waals surface area contributed by atoms with Crippen LogP contribution in [-0.2, 0) is 0 Å². The van der Waals surface area contributed by atoms with Gasteiger partial charge in [0.05, 0.1) is 17.8 Å². The van der Waals surface area contributed by atoms with Crippen molar-refractivity contribution in [3.63, 3.8) is 0 Å². The fraction of sp³-hybridized carbons (Fsp3) is 0.300. The average Bonchev–Trinajstić information content (AvgIpc) is 2.74. The molecule has 0 aliphatic heterocycles. The summed E-state index contributed by atoms with van der Waals surface area (Å²) in [6, 6.07) is 5.48. The average molecular weight is 271 g/mol. The molecule has 0 saturated carbocycles. The van der Waals surface area contributed by atoms with Gasteiger partial charge in [0.2, 0.25) is 0 Å². The maximum absolute atomic E-state index is 9.88. The Balaban J connectivity index is 2.46. The summed E-state index contributed by atoms with van der Waals surface area (Å²) in [5.41, 5.74) is 1.54. The number of aromatic nitrogens is 2. The second-order valence-corrected chi connectivity index (χ2v) is 3.99. The Morgan fingerprint density at radius 1 is 1.40 bits per heavy atom. The molecular formula is C10H11BrN2O2. The number of hydrogen-bond donors (Lipinski definition) is 3. The molecule has 5 heteroatoms. The van der Waals surface area contributed by atoms with Gasteiger partial charge in [0.25, 0.3) is 0 Å². The lowest BCUT2D eigenvalue weighted by atomic mass is 10.0. The molecule has 2 rings (SSSR count). The molecule has 80 valence electrons. The maximum Gasteiger partial charge on any atom is 0.106 e. The van der Waals surface area contributed by atoms with Crippen molar-refractivity contribution in [2.24, 2.45) is 0 Å². The number of alkyl halides is 1. The fourth-order valence-electron chi connectivity index (χ4n) is 1.54. The van der Waals surface area contributed by atoms with Crippen LogP contribution in [0.5, 0.6) is 0 Å². The van der Waals surface area contributed by atoms with Gasteiger partial charge in [-0.2, -0.15) is 5.10 Å². The summed E-state index contributed by atoms with van der Waals surface area (Å²) >= 11 is 3.13. The van der Waals surface area contributed by atoms with Gasteiger partial charge < -0.3 is 10.2 Å². The van der Waals surface area contributed by atoms with Crippen molar-refractivity contribution in [1.82, 2.24) is 10.2 Å². The van der Waals surface area contributed by atoms with Crippen LogP contribution in [0.25, 0.3) is 10.9 Å². The standard InChI is InChI=1S/C10H11BrN2O2/c11-4-9(14)10(15)6-2-1-3-8-7(6)5-12-13-8/h1-3,5,9-10,14-15H,4H2,(H,12,13). The SMILES string of the molecule is OC(CBr)C(O)c1cccc2[nH]ncc12. The van der Waals surface area contributed by atoms with Crippen LogP contribution in [0.3, 0.4) is 0 Å². The van der Waals surface area contributed by atoms with E-state index in [1.54, 1.807) is 12.3 Å². The number of nitrogens with one attached hydrogen (secondary N) is 1. The number of aliphatic hydroxyl groups excluding tert-OH is 2. The third kappa shape index (κ3) is 1.90. The monoisotopic (exact) mass is 270 g/mol. The summed E-state index contributed by atoms with van der Waals surface area (Å²) in [4.78, 5) is 0. The highest BCUT2D eigenvalue weighted by Gasteiger charge is 2.19. The highest BCUT2D eigenvalue weighted by molar-refractivity contribution is 9.09. The minimum Gasteiger partial charge on any atom is -0.389 e. The topological polar surface area (TPSA) is 69.1 Å². The van der Waals surface area contributed by atoms with E-state index < -0.39 is 12.2 Å². The first-order valence-corrected chi connectivity index (χ1v) is 5.70. The van der Waals surface area contributed by atoms with Gasteiger partial charge >= 0.3 is 0 Å². The number of aliphatic hydroxyl groups is 2. The lowest BCUT2D eigenvalue weighted by molar-refractivity contribution is 0.0352. The van der Waals surface area contributed by atoms with E-state index in [0.717, 1.165) is 10.9 Å². The summed E-state index contributed by atoms with van der Waals surface area (Å²) in [5, 5.41) is 27.3. The lowest BCUT2D eigenvalue weighted by Crippen LogP contribution is -2.19. The molecule has 4 nitrogen and oxygen atoms in total. The molecule has 0 fully saturated rings. The van der Waals surface area contributed by atoms with E-state index in [0.29, 0.717) is 10.9 Å². The molecule has 0 amide bonds. The summed E-state index contributed by atoms with van der Waals surface area (Å²) in [5.74, 6) is 0. The molecule has 15 heavy (non-hydrogen) atoms. The summed E-state index contributed by atoms with van der Waals surface area (Å²) < 4.78 is 0. The quantitative estimate of drug-likeness (QED) is 0.738. The van der Waals surface area contributed by atoms with Crippen LogP contribution < -0.4 is 0 Å². The zero-order valence-corrected chi connectivity index (χ0v) is 9.48. The maximum atomic E-state index is 9.88. The molecule has 2 aromatic rings. The molecule has 0 spiro atoms. The van der Waals surface area contributed by atoms with Gasteiger partial charge in [-0.3, -0.25) is 5.10 Å². The van der Waals surface area contributed by atoms with Crippen molar-refractivity contribution in [1.29, 1.82) is 0 Å². The van der Waals surface area contributed by atoms with E-state index in [-0.39, 0.29) is 0 Å². The minimum absolute atomic E-state index is 0.336. The third-order valence-electron chi connectivity index (χ3n) is 2.36. The third-order valence-corrected chi connectivity index (χ3v) is 3.02. The Bertz CT molecular complexity index is 457. The highest BCUT2D eigenvalue weighted by atomic mass is 79.9. The Labute approximate surface area is 95.1 Å². The minimum atomic E-state index is -0.898. The predicted molar refractivity (Wildman–Crippen MR) is 60.9 cm³/mol. The van der Waals surface area contributed by atoms with Gasteiger partial charge in [-0.05, 0) is 11.6 Å². The second kappa shape index (κ2) is 4.30. The van der Waals surface area contributed by atoms with Crippen molar-refractivity contribution >= 4 is 26.8 Å². The van der Waals surface area contributed by atoms with Crippen LogP contribution in [0.2, 0.25) is 0 Å². The molecule has 1 aromatic carbocycles. The van der Waals surface area contributed by atoms with Crippen molar-refractivity contribution in [2.45, 2.75) is 12.2 Å². The molecule has 2 atom stereocenters. The number of nitrogens with zero attached hydrogens (tertiary/aromatic N) is 1. The number of hydrogen-bond acceptors (Lipinski definition) is 3. The number of rotatable bonds is 3. The van der Waals surface area contributed by atoms with Gasteiger partial charge in [-0.15, -0.1) is 0 Å². The molecule has 1 heterocycles. The molecule has 2 unspecified atom stereocenters. The Kier molecular flexibility index (Phi) is 3.04. The van der Waals surface area contributed by atoms with Gasteiger partial charge in [0, 0.05) is 10.7 Å². The number of H-pyrrole nitrogens is 1. The molecule has 0 aliphatic carbocycles. The number of aromatic amines is 1. The molecule has 1 aromatic heterocycles. The largest absolute Gasteiger partial charge is 0.389 e. The molecule has 0 radical (unpaired) electrons. The van der Waals surface area contributed by atoms with Crippen LogP contribution in [0.15, 0.2) is 24.4 Å². The zero-order valence-electron chi connectivity index (χ0n) is 7.89. The Morgan fingerprint density at radius 3 is 2.93 bits per heavy atom. The van der Waals surface area contributed by atoms with E-state index in [4.69, 9.17) is 0 Å². The summed E-state index contributed by atoms with van der Waals surface area (Å²) in [6.07, 6.45) is -0.0642. The van der Waals surface area contributed by atoms with E-state index >= 15 is 0 Å². The lowest BCUT2D eigenvalue weighted by Gasteiger charge is -2.16. The van der Waals surface area contributed by atoms with E-state index in [9.17, 15) is 10.2 Å². The van der Waals surface area contributed by atoms with Crippen LogP contribution in [-0.4, -0.2) is 31.8 Å². The highest BCUT2D eigenvalue weighted by Crippen LogP contribution is 2.25. The van der Waals surface area contributed by atoms with Gasteiger partial charge in [0.1, 0.15) is 6.10 Å². The van der Waals surface area contributed by atoms with Crippen LogP contribution in [0, 0.1) is 0 Å². The zero-order chi connectivity index (χ0) is 10.8. The van der Waals surface area contributed by atoms with E-state index in [1.807, 2.05) is 12.1 Å². The number of fused-ring (bicyclic) bond motifs is 1. The summed E-state index contributed by atoms with van der Waals surface area (Å²) in [7, 11) is 0.